The standard InChI is InChI=1S/C22H14N3O6/c26-19(16-10-3-6-12-5-1-2-9-15(12)16)18-17-20(31-23-18)22(28)24(21(17)27)13-7-4-8-14(11-13)25(29)30/h1-11,17,20,29H/q-1/t17-,20-/m0/s1. The van der Waals surface area contributed by atoms with Gasteiger partial charge in [-0.15, -0.1) is 0 Å². The van der Waals surface area contributed by atoms with Crippen LogP contribution >= 0.6 is 0 Å². The van der Waals surface area contributed by atoms with Gasteiger partial charge >= 0.3 is 0 Å². The van der Waals surface area contributed by atoms with E-state index in [0.717, 1.165) is 10.3 Å². The molecule has 0 spiro atoms. The smallest absolute Gasteiger partial charge is 0.278 e. The van der Waals surface area contributed by atoms with E-state index >= 15 is 0 Å². The van der Waals surface area contributed by atoms with Crippen LogP contribution in [0.1, 0.15) is 10.4 Å². The van der Waals surface area contributed by atoms with Crippen LogP contribution < -0.4 is 10.1 Å². The molecule has 2 atom stereocenters. The summed E-state index contributed by atoms with van der Waals surface area (Å²) in [6.07, 6.45) is -1.26. The van der Waals surface area contributed by atoms with Gasteiger partial charge in [-0.05, 0) is 29.0 Å². The second-order valence-corrected chi connectivity index (χ2v) is 7.14. The third-order valence-electron chi connectivity index (χ3n) is 5.39. The fraction of sp³-hybridized carbons (Fsp3) is 0.0909. The maximum Gasteiger partial charge on any atom is 0.278 e. The molecule has 1 N–H and O–H groups in total. The number of nitrogens with zero attached hydrogens (tertiary/aromatic N) is 3. The van der Waals surface area contributed by atoms with Crippen molar-refractivity contribution >= 4 is 45.5 Å². The number of rotatable bonds is 4. The van der Waals surface area contributed by atoms with Crippen LogP contribution in [0.3, 0.4) is 0 Å². The molecule has 1 saturated heterocycles. The third kappa shape index (κ3) is 2.87. The van der Waals surface area contributed by atoms with Gasteiger partial charge in [0.2, 0.25) is 17.8 Å². The van der Waals surface area contributed by atoms with Crippen molar-refractivity contribution < 1.29 is 24.4 Å². The van der Waals surface area contributed by atoms with Crippen LogP contribution in [-0.4, -0.2) is 34.6 Å². The Morgan fingerprint density at radius 2 is 1.77 bits per heavy atom. The number of hydrogen-bond acceptors (Lipinski definition) is 8. The molecule has 154 valence electrons. The Bertz CT molecular complexity index is 1280. The number of Topliss-reactive ketones (excluding diaryl/α,β-unsaturated/α-hetero) is 1. The summed E-state index contributed by atoms with van der Waals surface area (Å²) in [6.45, 7) is 0. The van der Waals surface area contributed by atoms with Crippen molar-refractivity contribution in [1.29, 1.82) is 0 Å². The number of anilines is 2. The van der Waals surface area contributed by atoms with Crippen molar-refractivity contribution in [2.75, 3.05) is 10.1 Å². The first kappa shape index (κ1) is 18.9. The molecule has 9 heteroatoms. The summed E-state index contributed by atoms with van der Waals surface area (Å²) in [5.74, 6) is -3.08. The van der Waals surface area contributed by atoms with Crippen molar-refractivity contribution in [2.24, 2.45) is 11.1 Å². The van der Waals surface area contributed by atoms with Crippen molar-refractivity contribution in [3.8, 4) is 0 Å². The van der Waals surface area contributed by atoms with Crippen molar-refractivity contribution in [3.05, 3.63) is 77.5 Å². The van der Waals surface area contributed by atoms with Gasteiger partial charge in [-0.2, -0.15) is 0 Å². The number of hydrogen-bond donors (Lipinski definition) is 1. The van der Waals surface area contributed by atoms with E-state index in [1.165, 1.54) is 24.3 Å². The Morgan fingerprint density at radius 3 is 2.58 bits per heavy atom. The van der Waals surface area contributed by atoms with E-state index in [1.54, 1.807) is 24.3 Å². The van der Waals surface area contributed by atoms with E-state index in [-0.39, 0.29) is 22.3 Å². The Balaban J connectivity index is 1.51. The van der Waals surface area contributed by atoms with Crippen LogP contribution in [-0.2, 0) is 14.4 Å². The largest absolute Gasteiger partial charge is 0.733 e. The van der Waals surface area contributed by atoms with E-state index in [2.05, 4.69) is 5.16 Å². The van der Waals surface area contributed by atoms with Gasteiger partial charge in [-0.1, -0.05) is 53.7 Å². The summed E-state index contributed by atoms with van der Waals surface area (Å²) in [5.41, 5.74) is 0.129. The average Bonchev–Trinajstić information content (AvgIpc) is 3.33. The molecule has 9 nitrogen and oxygen atoms in total. The molecule has 5 rings (SSSR count). The molecular formula is C22H14N3O6-. The van der Waals surface area contributed by atoms with E-state index in [0.29, 0.717) is 10.9 Å². The van der Waals surface area contributed by atoms with Gasteiger partial charge in [0, 0.05) is 5.56 Å². The molecule has 0 bridgehead atoms. The average molecular weight is 416 g/mol. The van der Waals surface area contributed by atoms with Gasteiger partial charge < -0.3 is 15.3 Å². The zero-order chi connectivity index (χ0) is 21.7. The van der Waals surface area contributed by atoms with Crippen molar-refractivity contribution in [1.82, 2.24) is 0 Å². The zero-order valence-corrected chi connectivity index (χ0v) is 15.8. The summed E-state index contributed by atoms with van der Waals surface area (Å²) >= 11 is 0. The van der Waals surface area contributed by atoms with Crippen molar-refractivity contribution in [2.45, 2.75) is 6.10 Å². The van der Waals surface area contributed by atoms with Crippen LogP contribution in [0.4, 0.5) is 11.4 Å². The highest BCUT2D eigenvalue weighted by molar-refractivity contribution is 6.53. The fourth-order valence-corrected chi connectivity index (χ4v) is 3.93. The summed E-state index contributed by atoms with van der Waals surface area (Å²) < 4.78 is 0. The molecule has 0 unspecified atom stereocenters. The number of carbonyl (C=O) groups is 3. The number of oxime groups is 1. The molecule has 3 aromatic rings. The predicted octanol–water partition coefficient (Wildman–Crippen LogP) is 2.66. The van der Waals surface area contributed by atoms with Gasteiger partial charge in [-0.25, -0.2) is 4.90 Å². The third-order valence-corrected chi connectivity index (χ3v) is 5.39. The van der Waals surface area contributed by atoms with E-state index in [4.69, 9.17) is 10.0 Å². The van der Waals surface area contributed by atoms with Crippen LogP contribution in [0.5, 0.6) is 0 Å². The number of amides is 2. The lowest BCUT2D eigenvalue weighted by Gasteiger charge is -2.23. The number of carbonyl (C=O) groups excluding carboxylic acids is 3. The van der Waals surface area contributed by atoms with E-state index < -0.39 is 29.6 Å². The first-order valence-corrected chi connectivity index (χ1v) is 9.37. The van der Waals surface area contributed by atoms with Gasteiger partial charge in [0.25, 0.3) is 5.91 Å². The van der Waals surface area contributed by atoms with Crippen LogP contribution in [0.15, 0.2) is 71.9 Å². The highest BCUT2D eigenvalue weighted by Gasteiger charge is 2.57. The highest BCUT2D eigenvalue weighted by atomic mass is 16.8. The predicted molar refractivity (Wildman–Crippen MR) is 111 cm³/mol. The molecule has 0 aliphatic carbocycles. The Kier molecular flexibility index (Phi) is 4.28. The van der Waals surface area contributed by atoms with E-state index in [1.807, 2.05) is 18.2 Å². The molecule has 0 aromatic heterocycles. The molecular weight excluding hydrogens is 402 g/mol. The van der Waals surface area contributed by atoms with Crippen LogP contribution in [0, 0.1) is 11.1 Å². The number of benzene rings is 3. The summed E-state index contributed by atoms with van der Waals surface area (Å²) in [4.78, 5) is 45.3. The maximum atomic E-state index is 13.3. The summed E-state index contributed by atoms with van der Waals surface area (Å²) in [6, 6.07) is 17.9. The van der Waals surface area contributed by atoms with Crippen LogP contribution in [0.25, 0.3) is 10.8 Å². The fourth-order valence-electron chi connectivity index (χ4n) is 3.93. The van der Waals surface area contributed by atoms with Crippen molar-refractivity contribution in [3.63, 3.8) is 0 Å². The lowest BCUT2D eigenvalue weighted by molar-refractivity contribution is -0.126. The highest BCUT2D eigenvalue weighted by Crippen LogP contribution is 2.35. The molecule has 0 radical (unpaired) electrons. The second-order valence-electron chi connectivity index (χ2n) is 7.14. The molecule has 2 aliphatic rings. The molecule has 0 saturated carbocycles. The normalized spacial score (nSPS) is 19.9. The van der Waals surface area contributed by atoms with Gasteiger partial charge in [0.15, 0.2) is 0 Å². The molecule has 31 heavy (non-hydrogen) atoms. The number of imide groups is 1. The summed E-state index contributed by atoms with van der Waals surface area (Å²) in [5, 5.41) is 25.2. The first-order valence-electron chi connectivity index (χ1n) is 9.37. The topological polar surface area (TPSA) is 123 Å². The molecule has 1 fully saturated rings. The Hall–Kier alpha value is -4.08. The monoisotopic (exact) mass is 416 g/mol. The minimum Gasteiger partial charge on any atom is -0.733 e. The first-order chi connectivity index (χ1) is 15.0. The molecule has 3 aromatic carbocycles. The molecule has 2 heterocycles. The second kappa shape index (κ2) is 7.01. The minimum atomic E-state index is -1.26. The lowest BCUT2D eigenvalue weighted by Crippen LogP contribution is -2.34. The van der Waals surface area contributed by atoms with E-state index in [9.17, 15) is 19.6 Å². The van der Waals surface area contributed by atoms with Gasteiger partial charge in [0.1, 0.15) is 11.6 Å². The zero-order valence-electron chi connectivity index (χ0n) is 15.8. The quantitative estimate of drug-likeness (QED) is 0.394. The maximum absolute atomic E-state index is 13.3. The molecule has 2 amide bonds. The number of fused-ring (bicyclic) bond motifs is 2. The number of ketones is 1. The van der Waals surface area contributed by atoms with Crippen LogP contribution in [0.2, 0.25) is 0 Å². The lowest BCUT2D eigenvalue weighted by atomic mass is 9.91. The summed E-state index contributed by atoms with van der Waals surface area (Å²) in [7, 11) is 0. The van der Waals surface area contributed by atoms with Gasteiger partial charge in [0.05, 0.1) is 11.4 Å². The minimum absolute atomic E-state index is 0.0809. The van der Waals surface area contributed by atoms with Gasteiger partial charge in [-0.3, -0.25) is 19.6 Å². The Morgan fingerprint density at radius 1 is 1.03 bits per heavy atom. The Labute approximate surface area is 175 Å². The molecule has 2 aliphatic heterocycles. The SMILES string of the molecule is O=C(C1=NO[C@@H]2C(=O)N(c3cccc(N([O-])O)c3)C(=O)[C@@H]12)c1cccc2ccccc12.